The van der Waals surface area contributed by atoms with E-state index in [1.165, 1.54) is 55.7 Å². The monoisotopic (exact) mass is 1580 g/mol. The summed E-state index contributed by atoms with van der Waals surface area (Å²) in [6.07, 6.45) is 32.3. The van der Waals surface area contributed by atoms with Crippen molar-refractivity contribution in [1.82, 2.24) is 0 Å². The third kappa shape index (κ3) is 13.3. The van der Waals surface area contributed by atoms with Crippen LogP contribution in [-0.2, 0) is 23.7 Å². The zero-order valence-electron chi connectivity index (χ0n) is 70.0. The predicted molar refractivity (Wildman–Crippen MR) is 510 cm³/mol. The summed E-state index contributed by atoms with van der Waals surface area (Å²) in [6, 6.07) is 75.7. The van der Waals surface area contributed by atoms with Crippen molar-refractivity contribution in [3.05, 3.63) is 334 Å². The second-order valence-corrected chi connectivity index (χ2v) is 35.2. The molecule has 11 aromatic carbocycles. The van der Waals surface area contributed by atoms with Crippen molar-refractivity contribution in [1.29, 1.82) is 0 Å². The first kappa shape index (κ1) is 80.0. The van der Waals surface area contributed by atoms with Crippen LogP contribution in [0.5, 0.6) is 28.7 Å². The number of hydrogen-bond donors (Lipinski definition) is 5. The Morgan fingerprint density at radius 3 is 1.13 bits per heavy atom. The lowest BCUT2D eigenvalue weighted by Gasteiger charge is -2.43. The van der Waals surface area contributed by atoms with E-state index in [1.807, 2.05) is 6.07 Å². The van der Waals surface area contributed by atoms with Gasteiger partial charge in [-0.2, -0.15) is 0 Å². The Bertz CT molecular complexity index is 5800. The summed E-state index contributed by atoms with van der Waals surface area (Å²) in [5.74, 6) is -1.80. The number of fused-ring (bicyclic) bond motifs is 8. The lowest BCUT2D eigenvalue weighted by atomic mass is 9.57. The minimum atomic E-state index is -1.06. The molecule has 8 aliphatic carbocycles. The summed E-state index contributed by atoms with van der Waals surface area (Å²) >= 11 is 0. The zero-order chi connectivity index (χ0) is 84.0. The molecule has 12 heteroatoms. The first-order chi connectivity index (χ1) is 59.5. The van der Waals surface area contributed by atoms with Gasteiger partial charge in [0.05, 0.1) is 0 Å². The fourth-order valence-electron chi connectivity index (χ4n) is 22.6. The molecule has 0 fully saturated rings. The van der Waals surface area contributed by atoms with Crippen LogP contribution in [0, 0.1) is 23.7 Å². The molecule has 7 nitrogen and oxygen atoms in total. The molecule has 0 heterocycles. The van der Waals surface area contributed by atoms with Crippen LogP contribution < -0.4 is 37.1 Å². The van der Waals surface area contributed by atoms with Crippen LogP contribution in [-0.4, -0.2) is 64.8 Å². The highest BCUT2D eigenvalue weighted by Crippen LogP contribution is 2.67. The lowest BCUT2D eigenvalue weighted by molar-refractivity contribution is 0.361. The molecule has 594 valence electrons. The molecule has 19 rings (SSSR count). The topological polar surface area (TPSA) is 108 Å². The average Bonchev–Trinajstić information content (AvgIpc) is 1.51. The van der Waals surface area contributed by atoms with Crippen LogP contribution in [0.3, 0.4) is 0 Å². The normalized spacial score (nSPS) is 20.1. The molecule has 0 aliphatic heterocycles. The fourth-order valence-corrected chi connectivity index (χ4v) is 22.6. The third-order valence-corrected chi connectivity index (χ3v) is 28.6. The van der Waals surface area contributed by atoms with Gasteiger partial charge in [0.2, 0.25) is 0 Å². The number of hydrogen-bond acceptors (Lipinski definition) is 7. The van der Waals surface area contributed by atoms with Gasteiger partial charge in [0.25, 0.3) is 0 Å². The van der Waals surface area contributed by atoms with Gasteiger partial charge in [-0.3, -0.25) is 0 Å². The molecule has 4 unspecified atom stereocenters. The largest absolute Gasteiger partial charge is 0.505 e. The van der Waals surface area contributed by atoms with Crippen molar-refractivity contribution in [2.24, 2.45) is 23.7 Å². The van der Waals surface area contributed by atoms with E-state index in [2.05, 4.69) is 273 Å². The minimum Gasteiger partial charge on any atom is -0.505 e. The van der Waals surface area contributed by atoms with E-state index in [0.717, 1.165) is 210 Å². The molecule has 11 aromatic rings. The van der Waals surface area contributed by atoms with Crippen LogP contribution in [0.1, 0.15) is 174 Å². The van der Waals surface area contributed by atoms with Crippen molar-refractivity contribution >= 4 is 112 Å². The van der Waals surface area contributed by atoms with Gasteiger partial charge < -0.3 is 35.3 Å². The Kier molecular flexibility index (Phi) is 21.4. The van der Waals surface area contributed by atoms with Gasteiger partial charge in [-0.1, -0.05) is 255 Å². The molecule has 5 N–H and O–H groups in total. The molecule has 0 amide bonds. The first-order valence-electron chi connectivity index (χ1n) is 44.3. The number of phenolic OH excluding ortho intramolecular Hbond substituents is 5. The van der Waals surface area contributed by atoms with Crippen molar-refractivity contribution < 1.29 is 25.5 Å². The zero-order valence-corrected chi connectivity index (χ0v) is 70.0. The van der Waals surface area contributed by atoms with E-state index in [0.29, 0.717) is 30.4 Å². The number of unbranched alkanes of at least 4 members (excludes halogenated alkanes) is 6. The number of rotatable bonds is 24. The van der Waals surface area contributed by atoms with Crippen LogP contribution in [0.25, 0.3) is 55.7 Å². The summed E-state index contributed by atoms with van der Waals surface area (Å²) in [5, 5.41) is 59.9. The standard InChI is InChI=1S/C110H99B5N2O5/c1-5-9-11-15-27-75-60-88(74-43-51-80(52-44-74)117(78-47-39-72(40-48-78)70-25-19-14-20-26-70)82-54-56-86-94(62-82)110(98-100(112)102(114)107(121)108(122)105(98)119)64-66-34-36-68(8-4)90(58-66)84-30-22-32-92(110)96(84)86)76(28-16-12-10-6-2)59-87(75)73-41-49-79(50-42-73)116(77-45-37-71(38-46-77)69-23-17-13-18-24-69)81-53-55-85-93(61-81)109(97-99(111)101(113)103(115)106(120)104(97)118)63-65-33-35-67(7-3)89(57-65)83-29-21-31-91(109)95(83)85/h7-8,13-14,17-20,23-26,29-30,37-62,67-68,89-90,118-122H,3-6,9-12,15-16,21-22,27-28,31-36,63-64H2,1-2H3/t67?,68?,89-,90+,109?,110?/m0/s1. The number of anilines is 6. The number of benzene rings is 11. The first-order valence-corrected chi connectivity index (χ1v) is 44.3. The van der Waals surface area contributed by atoms with Gasteiger partial charge in [-0.15, -0.1) is 18.6 Å². The quantitative estimate of drug-likeness (QED) is 0.0178. The number of aromatic hydroxyl groups is 5. The summed E-state index contributed by atoms with van der Waals surface area (Å²) in [6.45, 7) is 13.3. The smallest absolute Gasteiger partial charge is 0.199 e. The molecule has 10 radical (unpaired) electrons. The molecule has 12 bridgehead atoms. The number of allylic oxidation sites excluding steroid dienone is 14. The Hall–Kier alpha value is -11.7. The van der Waals surface area contributed by atoms with E-state index < -0.39 is 33.8 Å². The molecule has 8 aliphatic rings. The summed E-state index contributed by atoms with van der Waals surface area (Å²) < 4.78 is 0. The predicted octanol–water partition coefficient (Wildman–Crippen LogP) is 22.7. The van der Waals surface area contributed by atoms with E-state index in [9.17, 15) is 25.5 Å². The maximum Gasteiger partial charge on any atom is 0.199 e. The molecule has 0 aromatic heterocycles. The minimum absolute atomic E-state index is 0.0570. The molecule has 0 saturated heterocycles. The molecule has 122 heavy (non-hydrogen) atoms. The van der Waals surface area contributed by atoms with Crippen LogP contribution >= 0.6 is 0 Å². The molecule has 0 spiro atoms. The van der Waals surface area contributed by atoms with E-state index in [4.69, 9.17) is 39.2 Å². The maximum absolute atomic E-state index is 12.6. The van der Waals surface area contributed by atoms with E-state index >= 15 is 0 Å². The number of aryl methyl sites for hydroxylation is 2. The number of nitrogens with zero attached hydrogens (tertiary/aromatic N) is 2. The van der Waals surface area contributed by atoms with Gasteiger partial charge >= 0.3 is 0 Å². The molecule has 6 atom stereocenters. The molecular weight excluding hydrogens is 1480 g/mol. The van der Waals surface area contributed by atoms with Gasteiger partial charge in [0, 0.05) is 67.9 Å². The highest BCUT2D eigenvalue weighted by molar-refractivity contribution is 6.59. The highest BCUT2D eigenvalue weighted by Gasteiger charge is 2.55. The van der Waals surface area contributed by atoms with Crippen molar-refractivity contribution in [3.63, 3.8) is 0 Å². The maximum atomic E-state index is 12.6. The summed E-state index contributed by atoms with van der Waals surface area (Å²) in [7, 11) is 34.5. The van der Waals surface area contributed by atoms with Crippen molar-refractivity contribution in [2.45, 2.75) is 153 Å². The van der Waals surface area contributed by atoms with E-state index in [-0.39, 0.29) is 56.7 Å². The second-order valence-electron chi connectivity index (χ2n) is 35.2. The van der Waals surface area contributed by atoms with Gasteiger partial charge in [-0.05, 0) is 286 Å². The van der Waals surface area contributed by atoms with Crippen molar-refractivity contribution in [2.75, 3.05) is 9.80 Å². The average molecular weight is 1580 g/mol. The Morgan fingerprint density at radius 2 is 0.730 bits per heavy atom. The van der Waals surface area contributed by atoms with Crippen molar-refractivity contribution in [3.8, 4) is 73.3 Å². The lowest BCUT2D eigenvalue weighted by Crippen LogP contribution is -2.46. The summed E-state index contributed by atoms with van der Waals surface area (Å²) in [4.78, 5) is 4.70. The Morgan fingerprint density at radius 1 is 0.369 bits per heavy atom. The highest BCUT2D eigenvalue weighted by atomic mass is 16.3. The van der Waals surface area contributed by atoms with Gasteiger partial charge in [-0.25, -0.2) is 0 Å². The Balaban J connectivity index is 0.740. The molecule has 0 saturated carbocycles. The van der Waals surface area contributed by atoms with Crippen LogP contribution in [0.4, 0.5) is 34.1 Å². The fraction of sp³-hybridized carbons (Fsp3) is 0.255. The summed E-state index contributed by atoms with van der Waals surface area (Å²) in [5.41, 5.74) is 30.0. The molecular formula is C110H99B5N2O5. The third-order valence-electron chi connectivity index (χ3n) is 28.6. The van der Waals surface area contributed by atoms with Crippen LogP contribution in [0.15, 0.2) is 289 Å². The van der Waals surface area contributed by atoms with Crippen LogP contribution in [0.2, 0.25) is 0 Å². The number of phenols is 5. The Labute approximate surface area is 726 Å². The van der Waals surface area contributed by atoms with E-state index in [1.54, 1.807) is 0 Å². The second kappa shape index (κ2) is 32.6. The van der Waals surface area contributed by atoms with Gasteiger partial charge in [0.1, 0.15) is 45.0 Å². The SMILES string of the molecule is [B]c1c([B])c(O)c(O)c(C23CC4=C[C@H](C5=CCCC2=C5c2ccc(N(c5ccc(-c6ccccc6)cc5)c5ccc(-c6cc(CCCCCC)c(-c7ccc(N(c8ccc(-c9ccccc9)cc8)c8ccc9c(c8)C8(c%10c([B])c([B])c(O)c(O)c%10O)CC%10=C[C@@H](C%11=CCCC8=C%119)C(C=C)CC%10)cc7)cc6CCCCCC)cc5)cc23)C(C=C)CC4)c1[B]. The van der Waals surface area contributed by atoms with Gasteiger partial charge in [0.15, 0.2) is 23.0 Å².